The van der Waals surface area contributed by atoms with Gasteiger partial charge in [0, 0.05) is 67.0 Å². The predicted octanol–water partition coefficient (Wildman–Crippen LogP) is 15.5. The Labute approximate surface area is 394 Å². The first-order valence-electron chi connectivity index (χ1n) is 23.0. The first kappa shape index (κ1) is 40.8. The fraction of sp³-hybridized carbons (Fsp3) is 0.0323. The zero-order valence-corrected chi connectivity index (χ0v) is 37.2. The Balaban J connectivity index is 0.914. The van der Waals surface area contributed by atoms with E-state index in [4.69, 9.17) is 0 Å². The highest BCUT2D eigenvalue weighted by molar-refractivity contribution is 6.12. The minimum Gasteiger partial charge on any atom is -0.392 e. The van der Waals surface area contributed by atoms with Crippen molar-refractivity contribution in [3.63, 3.8) is 0 Å². The average molecular weight is 879 g/mol. The summed E-state index contributed by atoms with van der Waals surface area (Å²) in [5.41, 5.74) is 16.9. The fourth-order valence-corrected chi connectivity index (χ4v) is 9.91. The van der Waals surface area contributed by atoms with Crippen molar-refractivity contribution >= 4 is 77.7 Å². The standard InChI is InChI=1S/C62H46N4O2/c67-41-43-19-27-49(28-20-43)63(53-35-37-61-57(39-53)55-15-7-9-17-59(55)65(61)47-11-3-1-4-12-47)51-31-23-45(24-32-51)46-25-33-52(34-26-46)64(50-29-21-44(42-68)22-30-50)54-36-38-62-58(40-54)56-16-8-10-18-60(56)66(62)48-13-5-2-6-14-48/h1-40,67-68H,41-42H2. The largest absolute Gasteiger partial charge is 0.392 e. The van der Waals surface area contributed by atoms with E-state index in [9.17, 15) is 10.2 Å². The molecule has 0 atom stereocenters. The number of aliphatic hydroxyl groups is 2. The van der Waals surface area contributed by atoms with Gasteiger partial charge >= 0.3 is 0 Å². The molecule has 10 aromatic carbocycles. The molecule has 0 unspecified atom stereocenters. The molecule has 0 saturated carbocycles. The maximum absolute atomic E-state index is 9.92. The van der Waals surface area contributed by atoms with Gasteiger partial charge in [-0.25, -0.2) is 0 Å². The number of aliphatic hydroxyl groups excluding tert-OH is 2. The Hall–Kier alpha value is -8.68. The molecule has 6 heteroatoms. The Bertz CT molecular complexity index is 3480. The number of para-hydroxylation sites is 4. The van der Waals surface area contributed by atoms with Crippen LogP contribution in [0.25, 0.3) is 66.1 Å². The van der Waals surface area contributed by atoms with Gasteiger partial charge in [0.25, 0.3) is 0 Å². The number of rotatable bonds is 11. The third kappa shape index (κ3) is 7.16. The van der Waals surface area contributed by atoms with Crippen molar-refractivity contribution in [2.75, 3.05) is 9.80 Å². The quantitative estimate of drug-likeness (QED) is 0.136. The molecule has 2 aromatic heterocycles. The lowest BCUT2D eigenvalue weighted by Gasteiger charge is -2.27. The summed E-state index contributed by atoms with van der Waals surface area (Å²) in [6, 6.07) is 85.6. The summed E-state index contributed by atoms with van der Waals surface area (Å²) in [5.74, 6) is 0. The van der Waals surface area contributed by atoms with Gasteiger partial charge in [0.15, 0.2) is 0 Å². The van der Waals surface area contributed by atoms with Crippen molar-refractivity contribution in [2.24, 2.45) is 0 Å². The van der Waals surface area contributed by atoms with Gasteiger partial charge in [-0.15, -0.1) is 0 Å². The van der Waals surface area contributed by atoms with Gasteiger partial charge in [-0.3, -0.25) is 0 Å². The number of hydrogen-bond donors (Lipinski definition) is 2. The van der Waals surface area contributed by atoms with Gasteiger partial charge in [-0.05, 0) is 144 Å². The van der Waals surface area contributed by atoms with Crippen LogP contribution in [0.2, 0.25) is 0 Å². The molecule has 6 nitrogen and oxygen atoms in total. The molecule has 12 rings (SSSR count). The second-order valence-corrected chi connectivity index (χ2v) is 17.2. The van der Waals surface area contributed by atoms with Gasteiger partial charge in [0.1, 0.15) is 0 Å². The lowest BCUT2D eigenvalue weighted by molar-refractivity contribution is 0.281. The summed E-state index contributed by atoms with van der Waals surface area (Å²) < 4.78 is 4.68. The summed E-state index contributed by atoms with van der Waals surface area (Å²) in [6.45, 7) is -0.0242. The maximum Gasteiger partial charge on any atom is 0.0681 e. The highest BCUT2D eigenvalue weighted by Gasteiger charge is 2.20. The molecule has 326 valence electrons. The number of fused-ring (bicyclic) bond motifs is 6. The number of hydrogen-bond acceptors (Lipinski definition) is 4. The van der Waals surface area contributed by atoms with Crippen LogP contribution in [0.1, 0.15) is 11.1 Å². The molecule has 12 aromatic rings. The summed E-state index contributed by atoms with van der Waals surface area (Å²) in [5, 5.41) is 24.6. The Morgan fingerprint density at radius 1 is 0.279 bits per heavy atom. The summed E-state index contributed by atoms with van der Waals surface area (Å²) in [7, 11) is 0. The fourth-order valence-electron chi connectivity index (χ4n) is 9.91. The molecule has 0 aliphatic heterocycles. The molecule has 0 fully saturated rings. The van der Waals surface area contributed by atoms with E-state index in [2.05, 4.69) is 237 Å². The first-order chi connectivity index (χ1) is 33.6. The van der Waals surface area contributed by atoms with Crippen LogP contribution in [-0.2, 0) is 13.2 Å². The van der Waals surface area contributed by atoms with Crippen molar-refractivity contribution in [1.29, 1.82) is 0 Å². The third-order valence-electron chi connectivity index (χ3n) is 13.2. The van der Waals surface area contributed by atoms with Crippen LogP contribution < -0.4 is 9.80 Å². The molecule has 68 heavy (non-hydrogen) atoms. The smallest absolute Gasteiger partial charge is 0.0681 e. The number of nitrogens with zero attached hydrogens (tertiary/aromatic N) is 4. The van der Waals surface area contributed by atoms with E-state index in [0.717, 1.165) is 89.8 Å². The van der Waals surface area contributed by atoms with E-state index >= 15 is 0 Å². The Morgan fingerprint density at radius 3 is 0.956 bits per heavy atom. The topological polar surface area (TPSA) is 56.8 Å². The Kier molecular flexibility index (Phi) is 10.4. The highest BCUT2D eigenvalue weighted by atomic mass is 16.3. The Morgan fingerprint density at radius 2 is 0.588 bits per heavy atom. The minimum atomic E-state index is -0.0121. The molecule has 0 radical (unpaired) electrons. The summed E-state index contributed by atoms with van der Waals surface area (Å²) in [4.78, 5) is 4.58. The van der Waals surface area contributed by atoms with Crippen molar-refractivity contribution in [1.82, 2.24) is 9.13 Å². The molecule has 2 N–H and O–H groups in total. The van der Waals surface area contributed by atoms with Crippen LogP contribution >= 0.6 is 0 Å². The molecule has 0 bridgehead atoms. The van der Waals surface area contributed by atoms with E-state index in [0.29, 0.717) is 0 Å². The van der Waals surface area contributed by atoms with E-state index in [1.165, 1.54) is 21.5 Å². The lowest BCUT2D eigenvalue weighted by atomic mass is 10.0. The van der Waals surface area contributed by atoms with Crippen LogP contribution in [-0.4, -0.2) is 19.3 Å². The monoisotopic (exact) mass is 878 g/mol. The lowest BCUT2D eigenvalue weighted by Crippen LogP contribution is -2.10. The minimum absolute atomic E-state index is 0.0121. The van der Waals surface area contributed by atoms with Crippen LogP contribution in [0.3, 0.4) is 0 Å². The van der Waals surface area contributed by atoms with Gasteiger partial charge < -0.3 is 29.1 Å². The van der Waals surface area contributed by atoms with Crippen LogP contribution in [0, 0.1) is 0 Å². The van der Waals surface area contributed by atoms with Crippen LogP contribution in [0.15, 0.2) is 243 Å². The first-order valence-corrected chi connectivity index (χ1v) is 23.0. The van der Waals surface area contributed by atoms with Crippen molar-refractivity contribution < 1.29 is 10.2 Å². The maximum atomic E-state index is 9.92. The van der Waals surface area contributed by atoms with E-state index < -0.39 is 0 Å². The van der Waals surface area contributed by atoms with Gasteiger partial charge in [-0.1, -0.05) is 121 Å². The zero-order chi connectivity index (χ0) is 45.6. The summed E-state index contributed by atoms with van der Waals surface area (Å²) in [6.07, 6.45) is 0. The second kappa shape index (κ2) is 17.3. The van der Waals surface area contributed by atoms with Crippen LogP contribution in [0.4, 0.5) is 34.1 Å². The van der Waals surface area contributed by atoms with E-state index in [1.54, 1.807) is 0 Å². The molecular weight excluding hydrogens is 833 g/mol. The normalized spacial score (nSPS) is 11.5. The van der Waals surface area contributed by atoms with Gasteiger partial charge in [0.2, 0.25) is 0 Å². The average Bonchev–Trinajstić information content (AvgIpc) is 3.92. The molecule has 0 aliphatic carbocycles. The second-order valence-electron chi connectivity index (χ2n) is 17.2. The molecule has 0 aliphatic rings. The number of benzene rings is 10. The summed E-state index contributed by atoms with van der Waals surface area (Å²) >= 11 is 0. The molecule has 0 spiro atoms. The molecule has 2 heterocycles. The SMILES string of the molecule is OCc1ccc(N(c2ccc(-c3ccc(N(c4ccc(CO)cc4)c4ccc5c(c4)c4ccccc4n5-c4ccccc4)cc3)cc2)c2ccc3c(c2)c2ccccc2n3-c2ccccc2)cc1. The van der Waals surface area contributed by atoms with E-state index in [1.807, 2.05) is 24.3 Å². The third-order valence-corrected chi connectivity index (χ3v) is 13.2. The van der Waals surface area contributed by atoms with Gasteiger partial charge in [0.05, 0.1) is 35.3 Å². The van der Waals surface area contributed by atoms with Gasteiger partial charge in [-0.2, -0.15) is 0 Å². The molecule has 0 saturated heterocycles. The number of anilines is 6. The van der Waals surface area contributed by atoms with Crippen molar-refractivity contribution in [3.05, 3.63) is 254 Å². The zero-order valence-electron chi connectivity index (χ0n) is 37.2. The van der Waals surface area contributed by atoms with Crippen molar-refractivity contribution in [3.8, 4) is 22.5 Å². The molecular formula is C62H46N4O2. The predicted molar refractivity (Wildman–Crippen MR) is 282 cm³/mol. The highest BCUT2D eigenvalue weighted by Crippen LogP contribution is 2.43. The number of aromatic nitrogens is 2. The van der Waals surface area contributed by atoms with Crippen molar-refractivity contribution in [2.45, 2.75) is 13.2 Å². The van der Waals surface area contributed by atoms with E-state index in [-0.39, 0.29) is 13.2 Å². The molecule has 0 amide bonds. The van der Waals surface area contributed by atoms with Crippen LogP contribution in [0.5, 0.6) is 0 Å².